The lowest BCUT2D eigenvalue weighted by Gasteiger charge is -2.26. The molecule has 29 heavy (non-hydrogen) atoms. The molecule has 0 aromatic heterocycles. The molecule has 1 aliphatic rings. The van der Waals surface area contributed by atoms with Gasteiger partial charge in [-0.05, 0) is 50.4 Å². The minimum atomic E-state index is -3.19. The van der Waals surface area contributed by atoms with Crippen molar-refractivity contribution in [1.82, 2.24) is 15.5 Å². The first-order valence-corrected chi connectivity index (χ1v) is 11.9. The molecule has 0 atom stereocenters. The molecule has 9 heteroatoms. The molecule has 1 heterocycles. The second kappa shape index (κ2) is 13.4. The molecule has 0 amide bonds. The van der Waals surface area contributed by atoms with E-state index in [0.29, 0.717) is 11.4 Å². The van der Waals surface area contributed by atoms with Gasteiger partial charge >= 0.3 is 0 Å². The second-order valence-electron chi connectivity index (χ2n) is 7.16. The van der Waals surface area contributed by atoms with Crippen LogP contribution in [0.2, 0.25) is 0 Å². The highest BCUT2D eigenvalue weighted by molar-refractivity contribution is 14.0. The summed E-state index contributed by atoms with van der Waals surface area (Å²) in [7, 11) is -3.19. The lowest BCUT2D eigenvalue weighted by Crippen LogP contribution is -2.39. The average Bonchev–Trinajstić information content (AvgIpc) is 2.65. The Balaban J connectivity index is 0.00000420. The number of nitrogens with zero attached hydrogens (tertiary/aromatic N) is 2. The van der Waals surface area contributed by atoms with Crippen LogP contribution in [0.1, 0.15) is 30.9 Å². The van der Waals surface area contributed by atoms with Gasteiger partial charge in [0.25, 0.3) is 0 Å². The number of guanidine groups is 1. The monoisotopic (exact) mass is 538 g/mol. The van der Waals surface area contributed by atoms with Gasteiger partial charge in [0, 0.05) is 32.4 Å². The molecule has 7 nitrogen and oxygen atoms in total. The second-order valence-corrected chi connectivity index (χ2v) is 9.14. The van der Waals surface area contributed by atoms with Gasteiger partial charge in [-0.1, -0.05) is 12.1 Å². The van der Waals surface area contributed by atoms with Crippen LogP contribution in [0.15, 0.2) is 28.1 Å². The number of nitrogens with one attached hydrogen (secondary N) is 2. The Morgan fingerprint density at radius 1 is 1.21 bits per heavy atom. The fourth-order valence-electron chi connectivity index (χ4n) is 3.23. The van der Waals surface area contributed by atoms with Gasteiger partial charge in [-0.15, -0.1) is 24.0 Å². The molecule has 1 saturated heterocycles. The molecule has 0 unspecified atom stereocenters. The summed E-state index contributed by atoms with van der Waals surface area (Å²) in [5.74, 6) is 0.790. The maximum atomic E-state index is 11.7. The minimum Gasteiger partial charge on any atom is -0.379 e. The zero-order chi connectivity index (χ0) is 20.4. The fourth-order valence-corrected chi connectivity index (χ4v) is 4.19. The fraction of sp³-hybridized carbons (Fsp3) is 0.650. The number of rotatable bonds is 9. The van der Waals surface area contributed by atoms with Gasteiger partial charge in [-0.2, -0.15) is 0 Å². The third kappa shape index (κ3) is 9.63. The number of morpholine rings is 1. The summed E-state index contributed by atoms with van der Waals surface area (Å²) in [6.45, 7) is 10.9. The van der Waals surface area contributed by atoms with E-state index >= 15 is 0 Å². The minimum absolute atomic E-state index is 0. The summed E-state index contributed by atoms with van der Waals surface area (Å²) < 4.78 is 28.8. The zero-order valence-corrected chi connectivity index (χ0v) is 20.9. The summed E-state index contributed by atoms with van der Waals surface area (Å²) in [4.78, 5) is 7.45. The van der Waals surface area contributed by atoms with E-state index in [1.54, 1.807) is 6.07 Å². The van der Waals surface area contributed by atoms with Crippen molar-refractivity contribution in [3.63, 3.8) is 0 Å². The SMILES string of the molecule is CCNC(=NCc1ccc(S(C)(=O)=O)c(C)c1)NCCCCN1CCOCC1.I. The summed E-state index contributed by atoms with van der Waals surface area (Å²) in [5.41, 5.74) is 1.76. The molecule has 1 aromatic rings. The van der Waals surface area contributed by atoms with E-state index in [4.69, 9.17) is 4.74 Å². The molecule has 0 saturated carbocycles. The number of benzene rings is 1. The molecular formula is C20H35IN4O3S. The van der Waals surface area contributed by atoms with Crippen LogP contribution in [0, 0.1) is 6.92 Å². The molecule has 1 fully saturated rings. The van der Waals surface area contributed by atoms with E-state index in [-0.39, 0.29) is 24.0 Å². The molecule has 0 bridgehead atoms. The van der Waals surface area contributed by atoms with Crippen molar-refractivity contribution >= 4 is 39.8 Å². The molecule has 166 valence electrons. The van der Waals surface area contributed by atoms with Gasteiger partial charge in [0.05, 0.1) is 24.7 Å². The van der Waals surface area contributed by atoms with Crippen LogP contribution in [-0.4, -0.2) is 71.5 Å². The summed E-state index contributed by atoms with van der Waals surface area (Å²) in [6, 6.07) is 5.39. The number of aliphatic imine (C=N–C) groups is 1. The van der Waals surface area contributed by atoms with Crippen molar-refractivity contribution in [1.29, 1.82) is 0 Å². The van der Waals surface area contributed by atoms with Crippen molar-refractivity contribution in [2.45, 2.75) is 38.1 Å². The third-order valence-corrected chi connectivity index (χ3v) is 5.96. The lowest BCUT2D eigenvalue weighted by atomic mass is 10.1. The molecule has 0 aliphatic carbocycles. The van der Waals surface area contributed by atoms with Crippen LogP contribution >= 0.6 is 24.0 Å². The van der Waals surface area contributed by atoms with E-state index in [1.165, 1.54) is 6.26 Å². The summed E-state index contributed by atoms with van der Waals surface area (Å²) in [6.07, 6.45) is 3.47. The van der Waals surface area contributed by atoms with Gasteiger partial charge < -0.3 is 15.4 Å². The smallest absolute Gasteiger partial charge is 0.191 e. The van der Waals surface area contributed by atoms with Crippen LogP contribution in [0.5, 0.6) is 0 Å². The van der Waals surface area contributed by atoms with E-state index in [9.17, 15) is 8.42 Å². The van der Waals surface area contributed by atoms with Gasteiger partial charge in [0.15, 0.2) is 15.8 Å². The quantitative estimate of drug-likeness (QED) is 0.217. The molecule has 1 aliphatic heterocycles. The van der Waals surface area contributed by atoms with Gasteiger partial charge in [-0.3, -0.25) is 4.90 Å². The van der Waals surface area contributed by atoms with Crippen LogP contribution in [0.25, 0.3) is 0 Å². The number of sulfone groups is 1. The van der Waals surface area contributed by atoms with Crippen molar-refractivity contribution < 1.29 is 13.2 Å². The molecular weight excluding hydrogens is 503 g/mol. The Morgan fingerprint density at radius 2 is 1.93 bits per heavy atom. The average molecular weight is 538 g/mol. The normalized spacial score (nSPS) is 15.6. The molecule has 2 rings (SSSR count). The predicted molar refractivity (Wildman–Crippen MR) is 129 cm³/mol. The Kier molecular flexibility index (Phi) is 12.1. The Morgan fingerprint density at radius 3 is 2.55 bits per heavy atom. The highest BCUT2D eigenvalue weighted by Crippen LogP contribution is 2.17. The highest BCUT2D eigenvalue weighted by Gasteiger charge is 2.11. The molecule has 0 radical (unpaired) electrons. The number of hydrogen-bond donors (Lipinski definition) is 2. The van der Waals surface area contributed by atoms with Crippen molar-refractivity contribution in [2.75, 3.05) is 52.2 Å². The van der Waals surface area contributed by atoms with Crippen LogP contribution in [0.4, 0.5) is 0 Å². The molecule has 1 aromatic carbocycles. The van der Waals surface area contributed by atoms with Gasteiger partial charge in [0.1, 0.15) is 0 Å². The van der Waals surface area contributed by atoms with Crippen molar-refractivity contribution in [3.05, 3.63) is 29.3 Å². The number of unbranched alkanes of at least 4 members (excludes halogenated alkanes) is 1. The Bertz CT molecular complexity index is 750. The predicted octanol–water partition coefficient (Wildman–Crippen LogP) is 2.18. The third-order valence-electron chi connectivity index (χ3n) is 4.70. The van der Waals surface area contributed by atoms with Crippen LogP contribution < -0.4 is 10.6 Å². The number of halogens is 1. The van der Waals surface area contributed by atoms with E-state index in [2.05, 4.69) is 20.5 Å². The first kappa shape index (κ1) is 26.1. The van der Waals surface area contributed by atoms with Crippen molar-refractivity contribution in [3.8, 4) is 0 Å². The summed E-state index contributed by atoms with van der Waals surface area (Å²) in [5, 5.41) is 6.64. The van der Waals surface area contributed by atoms with E-state index in [1.807, 2.05) is 26.0 Å². The standard InChI is InChI=1S/C20H34N4O3S.HI/c1-4-21-20(22-9-5-6-10-24-11-13-27-14-12-24)23-16-18-7-8-19(17(2)15-18)28(3,25)26;/h7-8,15H,4-6,9-14,16H2,1-3H3,(H2,21,22,23);1H. The van der Waals surface area contributed by atoms with Gasteiger partial charge in [0.2, 0.25) is 0 Å². The first-order valence-electron chi connectivity index (χ1n) is 10.0. The highest BCUT2D eigenvalue weighted by atomic mass is 127. The molecule has 2 N–H and O–H groups in total. The maximum Gasteiger partial charge on any atom is 0.191 e. The number of ether oxygens (including phenoxy) is 1. The lowest BCUT2D eigenvalue weighted by molar-refractivity contribution is 0.0372. The van der Waals surface area contributed by atoms with Crippen LogP contribution in [0.3, 0.4) is 0 Å². The topological polar surface area (TPSA) is 83.0 Å². The maximum absolute atomic E-state index is 11.7. The van der Waals surface area contributed by atoms with Crippen LogP contribution in [-0.2, 0) is 21.1 Å². The first-order chi connectivity index (χ1) is 13.4. The Labute approximate surface area is 192 Å². The molecule has 0 spiro atoms. The number of aryl methyl sites for hydroxylation is 1. The van der Waals surface area contributed by atoms with Crippen molar-refractivity contribution in [2.24, 2.45) is 4.99 Å². The number of hydrogen-bond acceptors (Lipinski definition) is 5. The Hall–Kier alpha value is -0.910. The van der Waals surface area contributed by atoms with Gasteiger partial charge in [-0.25, -0.2) is 13.4 Å². The van der Waals surface area contributed by atoms with E-state index in [0.717, 1.165) is 75.9 Å². The largest absolute Gasteiger partial charge is 0.379 e. The zero-order valence-electron chi connectivity index (χ0n) is 17.7. The summed E-state index contributed by atoms with van der Waals surface area (Å²) >= 11 is 0. The van der Waals surface area contributed by atoms with E-state index < -0.39 is 9.84 Å².